The molecule has 13 heavy (non-hydrogen) atoms. The molecule has 2 rings (SSSR count). The molecule has 0 saturated carbocycles. The Morgan fingerprint density at radius 1 is 1.23 bits per heavy atom. The van der Waals surface area contributed by atoms with Crippen molar-refractivity contribution in [3.63, 3.8) is 0 Å². The molecule has 2 heterocycles. The standard InChI is InChI=1S/C11H22N2/c1-9(2)13-8-10(13)11(3,4)12-6-5-7-12/h9-10H,5-8H2,1-4H3. The summed E-state index contributed by atoms with van der Waals surface area (Å²) in [7, 11) is 0. The van der Waals surface area contributed by atoms with Crippen LogP contribution in [0.3, 0.4) is 0 Å². The number of hydrogen-bond donors (Lipinski definition) is 0. The van der Waals surface area contributed by atoms with Crippen LogP contribution in [-0.2, 0) is 0 Å². The predicted molar refractivity (Wildman–Crippen MR) is 55.9 cm³/mol. The Bertz CT molecular complexity index is 194. The van der Waals surface area contributed by atoms with Crippen LogP contribution in [0.2, 0.25) is 0 Å². The summed E-state index contributed by atoms with van der Waals surface area (Å²) >= 11 is 0. The molecule has 2 aliphatic rings. The van der Waals surface area contributed by atoms with E-state index in [1.54, 1.807) is 0 Å². The van der Waals surface area contributed by atoms with Gasteiger partial charge in [-0.25, -0.2) is 0 Å². The highest BCUT2D eigenvalue weighted by atomic mass is 15.4. The quantitative estimate of drug-likeness (QED) is 0.611. The van der Waals surface area contributed by atoms with Gasteiger partial charge in [0.25, 0.3) is 0 Å². The van der Waals surface area contributed by atoms with E-state index in [-0.39, 0.29) is 0 Å². The molecule has 0 aromatic heterocycles. The van der Waals surface area contributed by atoms with E-state index in [0.717, 1.165) is 12.1 Å². The van der Waals surface area contributed by atoms with Gasteiger partial charge in [-0.15, -0.1) is 0 Å². The molecule has 0 aliphatic carbocycles. The normalized spacial score (nSPS) is 34.8. The largest absolute Gasteiger partial charge is 0.297 e. The minimum absolute atomic E-state index is 0.419. The van der Waals surface area contributed by atoms with Crippen LogP contribution in [0.25, 0.3) is 0 Å². The first-order valence-corrected chi connectivity index (χ1v) is 5.54. The lowest BCUT2D eigenvalue weighted by Crippen LogP contribution is -2.55. The molecule has 0 aromatic carbocycles. The third-order valence-electron chi connectivity index (χ3n) is 3.80. The van der Waals surface area contributed by atoms with Crippen LogP contribution in [0.15, 0.2) is 0 Å². The van der Waals surface area contributed by atoms with E-state index in [2.05, 4.69) is 37.5 Å². The Balaban J connectivity index is 1.93. The summed E-state index contributed by atoms with van der Waals surface area (Å²) in [4.78, 5) is 5.22. The molecule has 0 aromatic rings. The summed E-state index contributed by atoms with van der Waals surface area (Å²) in [6.45, 7) is 13.3. The lowest BCUT2D eigenvalue weighted by molar-refractivity contribution is 0.0429. The monoisotopic (exact) mass is 182 g/mol. The third-order valence-corrected chi connectivity index (χ3v) is 3.80. The molecule has 2 saturated heterocycles. The molecular formula is C11H22N2. The van der Waals surface area contributed by atoms with Gasteiger partial charge < -0.3 is 0 Å². The molecule has 2 atom stereocenters. The predicted octanol–water partition coefficient (Wildman–Crippen LogP) is 1.56. The summed E-state index contributed by atoms with van der Waals surface area (Å²) in [6.07, 6.45) is 1.40. The van der Waals surface area contributed by atoms with E-state index in [9.17, 15) is 0 Å². The van der Waals surface area contributed by atoms with Crippen LogP contribution in [0.5, 0.6) is 0 Å². The first-order valence-electron chi connectivity index (χ1n) is 5.54. The first kappa shape index (κ1) is 9.47. The Morgan fingerprint density at radius 2 is 1.85 bits per heavy atom. The zero-order chi connectivity index (χ0) is 9.64. The molecular weight excluding hydrogens is 160 g/mol. The third kappa shape index (κ3) is 1.50. The number of hydrogen-bond acceptors (Lipinski definition) is 2. The molecule has 0 N–H and O–H groups in total. The lowest BCUT2D eigenvalue weighted by atomic mass is 9.94. The fraction of sp³-hybridized carbons (Fsp3) is 1.00. The van der Waals surface area contributed by atoms with Crippen molar-refractivity contribution in [2.24, 2.45) is 0 Å². The fourth-order valence-corrected chi connectivity index (χ4v) is 2.46. The molecule has 2 fully saturated rings. The average molecular weight is 182 g/mol. The van der Waals surface area contributed by atoms with Gasteiger partial charge >= 0.3 is 0 Å². The van der Waals surface area contributed by atoms with Crippen molar-refractivity contribution in [2.45, 2.75) is 51.7 Å². The van der Waals surface area contributed by atoms with Crippen LogP contribution >= 0.6 is 0 Å². The SMILES string of the molecule is CC(C)N1CC1C(C)(C)N1CCC1. The summed E-state index contributed by atoms with van der Waals surface area (Å²) in [5.41, 5.74) is 0.419. The first-order chi connectivity index (χ1) is 6.03. The van der Waals surface area contributed by atoms with E-state index < -0.39 is 0 Å². The van der Waals surface area contributed by atoms with Gasteiger partial charge in [0.2, 0.25) is 0 Å². The smallest absolute Gasteiger partial charge is 0.0405 e. The van der Waals surface area contributed by atoms with Crippen LogP contribution in [0, 0.1) is 0 Å². The van der Waals surface area contributed by atoms with E-state index in [1.165, 1.54) is 26.1 Å². The maximum absolute atomic E-state index is 2.63. The maximum Gasteiger partial charge on any atom is 0.0405 e. The summed E-state index contributed by atoms with van der Waals surface area (Å²) in [5, 5.41) is 0. The molecule has 2 unspecified atom stereocenters. The summed E-state index contributed by atoms with van der Waals surface area (Å²) < 4.78 is 0. The molecule has 0 amide bonds. The average Bonchev–Trinajstić information content (AvgIpc) is 2.56. The van der Waals surface area contributed by atoms with Gasteiger partial charge in [-0.3, -0.25) is 9.80 Å². The molecule has 76 valence electrons. The lowest BCUT2D eigenvalue weighted by Gasteiger charge is -2.45. The topological polar surface area (TPSA) is 6.25 Å². The number of likely N-dealkylation sites (tertiary alicyclic amines) is 1. The van der Waals surface area contributed by atoms with E-state index in [0.29, 0.717) is 5.54 Å². The van der Waals surface area contributed by atoms with Crippen molar-refractivity contribution in [2.75, 3.05) is 19.6 Å². The second kappa shape index (κ2) is 2.96. The molecule has 0 bridgehead atoms. The number of nitrogens with zero attached hydrogens (tertiary/aromatic N) is 2. The Kier molecular flexibility index (Phi) is 2.16. The highest BCUT2D eigenvalue weighted by Crippen LogP contribution is 2.36. The Hall–Kier alpha value is -0.0800. The van der Waals surface area contributed by atoms with Crippen molar-refractivity contribution >= 4 is 0 Å². The molecule has 2 nitrogen and oxygen atoms in total. The Labute approximate surface area is 81.9 Å². The van der Waals surface area contributed by atoms with Crippen molar-refractivity contribution in [1.82, 2.24) is 9.80 Å². The zero-order valence-corrected chi connectivity index (χ0v) is 9.38. The molecule has 2 aliphatic heterocycles. The van der Waals surface area contributed by atoms with Crippen molar-refractivity contribution in [1.29, 1.82) is 0 Å². The van der Waals surface area contributed by atoms with Crippen LogP contribution < -0.4 is 0 Å². The van der Waals surface area contributed by atoms with Crippen molar-refractivity contribution in [3.8, 4) is 0 Å². The van der Waals surface area contributed by atoms with Crippen LogP contribution in [-0.4, -0.2) is 47.1 Å². The highest BCUT2D eigenvalue weighted by molar-refractivity contribution is 5.08. The van der Waals surface area contributed by atoms with Gasteiger partial charge in [-0.2, -0.15) is 0 Å². The Morgan fingerprint density at radius 3 is 2.15 bits per heavy atom. The van der Waals surface area contributed by atoms with E-state index in [1.807, 2.05) is 0 Å². The second-order valence-electron chi connectivity index (χ2n) is 5.30. The van der Waals surface area contributed by atoms with Gasteiger partial charge in [0.15, 0.2) is 0 Å². The highest BCUT2D eigenvalue weighted by Gasteiger charge is 2.50. The van der Waals surface area contributed by atoms with Gasteiger partial charge in [0.1, 0.15) is 0 Å². The summed E-state index contributed by atoms with van der Waals surface area (Å²) in [6, 6.07) is 1.54. The molecule has 0 spiro atoms. The molecule has 2 heteroatoms. The fourth-order valence-electron chi connectivity index (χ4n) is 2.46. The maximum atomic E-state index is 2.63. The van der Waals surface area contributed by atoms with E-state index in [4.69, 9.17) is 0 Å². The number of rotatable bonds is 3. The van der Waals surface area contributed by atoms with Crippen molar-refractivity contribution < 1.29 is 0 Å². The van der Waals surface area contributed by atoms with Gasteiger partial charge in [-0.05, 0) is 47.2 Å². The van der Waals surface area contributed by atoms with Crippen LogP contribution in [0.4, 0.5) is 0 Å². The van der Waals surface area contributed by atoms with Gasteiger partial charge in [0, 0.05) is 24.2 Å². The van der Waals surface area contributed by atoms with Gasteiger partial charge in [-0.1, -0.05) is 0 Å². The van der Waals surface area contributed by atoms with Gasteiger partial charge in [0.05, 0.1) is 0 Å². The second-order valence-corrected chi connectivity index (χ2v) is 5.30. The summed E-state index contributed by atoms with van der Waals surface area (Å²) in [5.74, 6) is 0. The molecule has 0 radical (unpaired) electrons. The minimum Gasteiger partial charge on any atom is -0.297 e. The minimum atomic E-state index is 0.419. The van der Waals surface area contributed by atoms with Crippen molar-refractivity contribution in [3.05, 3.63) is 0 Å². The van der Waals surface area contributed by atoms with E-state index >= 15 is 0 Å². The zero-order valence-electron chi connectivity index (χ0n) is 9.38. The van der Waals surface area contributed by atoms with Crippen LogP contribution in [0.1, 0.15) is 34.1 Å².